The Kier molecular flexibility index (Phi) is 5.13. The van der Waals surface area contributed by atoms with E-state index in [2.05, 4.69) is 21.6 Å². The highest BCUT2D eigenvalue weighted by Gasteiger charge is 2.31. The zero-order valence-corrected chi connectivity index (χ0v) is 17.0. The maximum Gasteiger partial charge on any atom is 0.276 e. The van der Waals surface area contributed by atoms with Gasteiger partial charge in [-0.15, -0.1) is 0 Å². The summed E-state index contributed by atoms with van der Waals surface area (Å²) in [5.41, 5.74) is 9.49. The van der Waals surface area contributed by atoms with Crippen LogP contribution in [0.25, 0.3) is 5.69 Å². The summed E-state index contributed by atoms with van der Waals surface area (Å²) in [6.07, 6.45) is 6.35. The second-order valence-corrected chi connectivity index (χ2v) is 7.35. The van der Waals surface area contributed by atoms with Crippen molar-refractivity contribution in [2.24, 2.45) is 5.73 Å². The number of primary amides is 1. The number of fused-ring (bicyclic) bond motifs is 1. The van der Waals surface area contributed by atoms with Crippen LogP contribution in [0.15, 0.2) is 30.7 Å². The fraction of sp³-hybridized carbons (Fsp3) is 0.333. The molecule has 0 fully saturated rings. The summed E-state index contributed by atoms with van der Waals surface area (Å²) in [7, 11) is 0. The molecule has 1 aliphatic heterocycles. The topological polar surface area (TPSA) is 119 Å². The van der Waals surface area contributed by atoms with Crippen LogP contribution in [0.3, 0.4) is 0 Å². The number of pyridine rings is 1. The molecule has 156 valence electrons. The molecule has 0 spiro atoms. The lowest BCUT2D eigenvalue weighted by Crippen LogP contribution is -2.41. The normalized spacial score (nSPS) is 13.6. The number of aliphatic hydroxyl groups excluding tert-OH is 1. The smallest absolute Gasteiger partial charge is 0.276 e. The van der Waals surface area contributed by atoms with Gasteiger partial charge in [0.1, 0.15) is 11.5 Å². The summed E-state index contributed by atoms with van der Waals surface area (Å²) in [5, 5.41) is 14.3. The van der Waals surface area contributed by atoms with Crippen molar-refractivity contribution < 1.29 is 14.7 Å². The number of nitrogens with zero attached hydrogens (tertiary/aromatic N) is 5. The molecular formula is C21H24N6O3. The number of hydrogen-bond donors (Lipinski definition) is 2. The van der Waals surface area contributed by atoms with E-state index in [4.69, 9.17) is 5.73 Å². The molecule has 2 amide bonds. The molecule has 0 aliphatic carbocycles. The lowest BCUT2D eigenvalue weighted by molar-refractivity contribution is 0.0961. The van der Waals surface area contributed by atoms with Crippen molar-refractivity contribution in [2.45, 2.75) is 39.8 Å². The van der Waals surface area contributed by atoms with E-state index in [1.807, 2.05) is 13.0 Å². The number of nitrogens with two attached hydrogens (primary N) is 1. The lowest BCUT2D eigenvalue weighted by atomic mass is 10.1. The van der Waals surface area contributed by atoms with Crippen molar-refractivity contribution in [2.75, 3.05) is 11.4 Å². The van der Waals surface area contributed by atoms with Crippen LogP contribution in [0.4, 0.5) is 5.82 Å². The van der Waals surface area contributed by atoms with Crippen LogP contribution in [0.1, 0.15) is 51.0 Å². The van der Waals surface area contributed by atoms with Crippen LogP contribution in [-0.2, 0) is 19.6 Å². The van der Waals surface area contributed by atoms with Gasteiger partial charge in [-0.05, 0) is 31.0 Å². The van der Waals surface area contributed by atoms with Gasteiger partial charge in [0.2, 0.25) is 0 Å². The fourth-order valence-corrected chi connectivity index (χ4v) is 4.02. The Labute approximate surface area is 173 Å². The van der Waals surface area contributed by atoms with Gasteiger partial charge in [-0.25, -0.2) is 9.67 Å². The Morgan fingerprint density at radius 1 is 1.33 bits per heavy atom. The summed E-state index contributed by atoms with van der Waals surface area (Å²) < 4.78 is 3.55. The Balaban J connectivity index is 1.75. The van der Waals surface area contributed by atoms with Crippen LogP contribution < -0.4 is 10.6 Å². The van der Waals surface area contributed by atoms with Gasteiger partial charge < -0.3 is 15.4 Å². The zero-order valence-electron chi connectivity index (χ0n) is 17.0. The number of anilines is 1. The van der Waals surface area contributed by atoms with Gasteiger partial charge >= 0.3 is 0 Å². The van der Waals surface area contributed by atoms with Gasteiger partial charge in [-0.2, -0.15) is 5.10 Å². The Morgan fingerprint density at radius 3 is 2.80 bits per heavy atom. The van der Waals surface area contributed by atoms with Crippen LogP contribution in [-0.4, -0.2) is 42.8 Å². The SMILES string of the molecule is CCCc1c(C)cc2n1CCN(c1nccc(-n3cc(C(N)=O)cn3)c1CO)C2=O. The number of hydrogen-bond acceptors (Lipinski definition) is 5. The molecule has 0 aromatic carbocycles. The van der Waals surface area contributed by atoms with E-state index in [1.54, 1.807) is 17.2 Å². The van der Waals surface area contributed by atoms with E-state index in [9.17, 15) is 14.7 Å². The fourth-order valence-electron chi connectivity index (χ4n) is 4.02. The number of aryl methyl sites for hydroxylation is 1. The molecule has 3 aromatic rings. The maximum atomic E-state index is 13.3. The predicted octanol–water partition coefficient (Wildman–Crippen LogP) is 1.58. The molecule has 0 saturated heterocycles. The van der Waals surface area contributed by atoms with E-state index in [-0.39, 0.29) is 18.1 Å². The van der Waals surface area contributed by atoms with Gasteiger partial charge in [-0.1, -0.05) is 13.3 Å². The first-order chi connectivity index (χ1) is 14.5. The third kappa shape index (κ3) is 3.17. The van der Waals surface area contributed by atoms with Crippen molar-refractivity contribution in [1.82, 2.24) is 19.3 Å². The average Bonchev–Trinajstić information content (AvgIpc) is 3.34. The van der Waals surface area contributed by atoms with Crippen LogP contribution in [0, 0.1) is 6.92 Å². The summed E-state index contributed by atoms with van der Waals surface area (Å²) in [5.74, 6) is -0.353. The van der Waals surface area contributed by atoms with Gasteiger partial charge in [0.15, 0.2) is 0 Å². The Bertz CT molecular complexity index is 1130. The van der Waals surface area contributed by atoms with Crippen molar-refractivity contribution >= 4 is 17.6 Å². The monoisotopic (exact) mass is 408 g/mol. The highest BCUT2D eigenvalue weighted by molar-refractivity contribution is 6.06. The quantitative estimate of drug-likeness (QED) is 0.642. The van der Waals surface area contributed by atoms with Gasteiger partial charge in [-0.3, -0.25) is 14.5 Å². The van der Waals surface area contributed by atoms with E-state index in [1.165, 1.54) is 22.8 Å². The second-order valence-electron chi connectivity index (χ2n) is 7.35. The molecule has 4 heterocycles. The van der Waals surface area contributed by atoms with E-state index in [0.717, 1.165) is 18.4 Å². The van der Waals surface area contributed by atoms with Crippen LogP contribution in [0.5, 0.6) is 0 Å². The number of aromatic nitrogens is 4. The summed E-state index contributed by atoms with van der Waals surface area (Å²) in [6.45, 7) is 4.92. The van der Waals surface area contributed by atoms with Crippen molar-refractivity contribution in [3.05, 3.63) is 58.8 Å². The molecule has 30 heavy (non-hydrogen) atoms. The van der Waals surface area contributed by atoms with E-state index < -0.39 is 5.91 Å². The molecule has 4 rings (SSSR count). The molecule has 0 radical (unpaired) electrons. The first-order valence-corrected chi connectivity index (χ1v) is 9.90. The minimum Gasteiger partial charge on any atom is -0.391 e. The summed E-state index contributed by atoms with van der Waals surface area (Å²) >= 11 is 0. The first-order valence-electron chi connectivity index (χ1n) is 9.90. The number of aliphatic hydroxyl groups is 1. The molecule has 1 aliphatic rings. The predicted molar refractivity (Wildman–Crippen MR) is 111 cm³/mol. The lowest BCUT2D eigenvalue weighted by Gasteiger charge is -2.30. The minimum absolute atomic E-state index is 0.149. The van der Waals surface area contributed by atoms with Crippen molar-refractivity contribution in [3.8, 4) is 5.69 Å². The number of carbonyl (C=O) groups is 2. The van der Waals surface area contributed by atoms with Crippen molar-refractivity contribution in [3.63, 3.8) is 0 Å². The van der Waals surface area contributed by atoms with E-state index in [0.29, 0.717) is 35.9 Å². The standard InChI is InChI=1S/C21H24N6O3/c1-3-4-16-13(2)9-18-21(30)26(8-7-25(16)18)20-15(12-28)17(5-6-23-20)27-11-14(10-24-27)19(22)29/h5-6,9-11,28H,3-4,7-8,12H2,1-2H3,(H2,22,29). The van der Waals surface area contributed by atoms with Gasteiger partial charge in [0.05, 0.1) is 24.1 Å². The first kappa shape index (κ1) is 19.8. The molecule has 9 nitrogen and oxygen atoms in total. The average molecular weight is 408 g/mol. The molecule has 3 aromatic heterocycles. The Morgan fingerprint density at radius 2 is 2.13 bits per heavy atom. The molecule has 9 heteroatoms. The highest BCUT2D eigenvalue weighted by Crippen LogP contribution is 2.29. The second kappa shape index (κ2) is 7.75. The van der Waals surface area contributed by atoms with Crippen molar-refractivity contribution in [1.29, 1.82) is 0 Å². The summed E-state index contributed by atoms with van der Waals surface area (Å²) in [6, 6.07) is 3.60. The molecule has 0 atom stereocenters. The number of carbonyl (C=O) groups excluding carboxylic acids is 2. The minimum atomic E-state index is -0.591. The number of amides is 2. The third-order valence-corrected chi connectivity index (χ3v) is 5.46. The zero-order chi connectivity index (χ0) is 21.4. The van der Waals surface area contributed by atoms with Crippen LogP contribution in [0.2, 0.25) is 0 Å². The molecular weight excluding hydrogens is 384 g/mol. The molecule has 3 N–H and O–H groups in total. The summed E-state index contributed by atoms with van der Waals surface area (Å²) in [4.78, 5) is 30.7. The van der Waals surface area contributed by atoms with Gasteiger partial charge in [0.25, 0.3) is 11.8 Å². The number of rotatable bonds is 6. The largest absolute Gasteiger partial charge is 0.391 e. The molecule has 0 bridgehead atoms. The van der Waals surface area contributed by atoms with Crippen LogP contribution >= 0.6 is 0 Å². The third-order valence-electron chi connectivity index (χ3n) is 5.46. The van der Waals surface area contributed by atoms with Gasteiger partial charge in [0, 0.05) is 36.7 Å². The van der Waals surface area contributed by atoms with E-state index >= 15 is 0 Å². The molecule has 0 saturated carbocycles. The Hall–Kier alpha value is -3.46. The molecule has 0 unspecified atom stereocenters. The highest BCUT2D eigenvalue weighted by atomic mass is 16.3. The maximum absolute atomic E-state index is 13.3.